The molecule has 7 heteroatoms. The first kappa shape index (κ1) is 18.0. The molecular weight excluding hydrogens is 406 g/mol. The maximum absolute atomic E-state index is 12.7. The molecule has 1 N–H and O–H groups in total. The molecule has 6 nitrogen and oxygen atoms in total. The van der Waals surface area contributed by atoms with E-state index in [1.165, 1.54) is 11.1 Å². The number of carbonyl (C=O) groups excluding carboxylic acids is 1. The molecule has 1 unspecified atom stereocenters. The first-order valence-electron chi connectivity index (χ1n) is 9.14. The molecule has 140 valence electrons. The highest BCUT2D eigenvalue weighted by Gasteiger charge is 2.22. The average Bonchev–Trinajstić information content (AvgIpc) is 3.23. The number of aromatic nitrogens is 4. The Bertz CT molecular complexity index is 990. The summed E-state index contributed by atoms with van der Waals surface area (Å²) in [5.41, 5.74) is 4.96. The molecule has 1 atom stereocenters. The molecule has 2 heterocycles. The second kappa shape index (κ2) is 7.31. The minimum atomic E-state index is -0.134. The second-order valence-corrected chi connectivity index (χ2v) is 7.78. The van der Waals surface area contributed by atoms with Crippen molar-refractivity contribution in [2.75, 3.05) is 0 Å². The molecule has 2 aromatic heterocycles. The Kier molecular flexibility index (Phi) is 4.86. The van der Waals surface area contributed by atoms with E-state index < -0.39 is 0 Å². The molecule has 3 aromatic rings. The lowest BCUT2D eigenvalue weighted by Crippen LogP contribution is -2.31. The fraction of sp³-hybridized carbons (Fsp3) is 0.350. The van der Waals surface area contributed by atoms with Gasteiger partial charge in [-0.25, -0.2) is 4.68 Å². The third kappa shape index (κ3) is 3.56. The number of nitrogens with one attached hydrogen (secondary N) is 1. The quantitative estimate of drug-likeness (QED) is 0.688. The van der Waals surface area contributed by atoms with Crippen LogP contribution in [0.4, 0.5) is 0 Å². The number of aryl methyl sites for hydroxylation is 2. The SMILES string of the molecule is Cc1nn(Cn2ccc(C(=O)NC3CCCc4ccccc43)n2)c(C)c1Br. The Labute approximate surface area is 166 Å². The summed E-state index contributed by atoms with van der Waals surface area (Å²) >= 11 is 3.53. The van der Waals surface area contributed by atoms with E-state index in [1.54, 1.807) is 10.7 Å². The molecule has 1 amide bonds. The summed E-state index contributed by atoms with van der Waals surface area (Å²) in [7, 11) is 0. The Morgan fingerprint density at radius 1 is 1.26 bits per heavy atom. The molecular formula is C20H22BrN5O. The van der Waals surface area contributed by atoms with Crippen LogP contribution >= 0.6 is 15.9 Å². The van der Waals surface area contributed by atoms with E-state index in [4.69, 9.17) is 0 Å². The van der Waals surface area contributed by atoms with Crippen LogP contribution in [0.5, 0.6) is 0 Å². The number of fused-ring (bicyclic) bond motifs is 1. The van der Waals surface area contributed by atoms with E-state index in [1.807, 2.05) is 30.8 Å². The van der Waals surface area contributed by atoms with Gasteiger partial charge in [-0.05, 0) is 66.2 Å². The van der Waals surface area contributed by atoms with Gasteiger partial charge in [0.1, 0.15) is 12.4 Å². The lowest BCUT2D eigenvalue weighted by Gasteiger charge is -2.26. The van der Waals surface area contributed by atoms with Crippen LogP contribution in [0.1, 0.15) is 51.9 Å². The molecule has 27 heavy (non-hydrogen) atoms. The van der Waals surface area contributed by atoms with Crippen LogP contribution in [0.3, 0.4) is 0 Å². The summed E-state index contributed by atoms with van der Waals surface area (Å²) in [4.78, 5) is 12.7. The highest BCUT2D eigenvalue weighted by molar-refractivity contribution is 9.10. The Balaban J connectivity index is 1.47. The van der Waals surface area contributed by atoms with Gasteiger partial charge < -0.3 is 5.32 Å². The van der Waals surface area contributed by atoms with Crippen LogP contribution in [0.25, 0.3) is 0 Å². The molecule has 0 bridgehead atoms. The van der Waals surface area contributed by atoms with Gasteiger partial charge in [0.25, 0.3) is 5.91 Å². The van der Waals surface area contributed by atoms with E-state index >= 15 is 0 Å². The predicted molar refractivity (Wildman–Crippen MR) is 107 cm³/mol. The van der Waals surface area contributed by atoms with E-state index in [2.05, 4.69) is 49.6 Å². The van der Waals surface area contributed by atoms with Crippen LogP contribution in [0, 0.1) is 13.8 Å². The largest absolute Gasteiger partial charge is 0.344 e. The third-order valence-corrected chi connectivity index (χ3v) is 6.27. The van der Waals surface area contributed by atoms with Crippen LogP contribution < -0.4 is 5.32 Å². The van der Waals surface area contributed by atoms with Crippen LogP contribution in [-0.2, 0) is 13.1 Å². The molecule has 1 aliphatic carbocycles. The van der Waals surface area contributed by atoms with Crippen LogP contribution in [0.15, 0.2) is 41.0 Å². The van der Waals surface area contributed by atoms with Gasteiger partial charge in [-0.1, -0.05) is 24.3 Å². The Morgan fingerprint density at radius 3 is 2.85 bits per heavy atom. The van der Waals surface area contributed by atoms with E-state index in [0.717, 1.165) is 35.1 Å². The van der Waals surface area contributed by atoms with Gasteiger partial charge in [-0.2, -0.15) is 10.2 Å². The fourth-order valence-corrected chi connectivity index (χ4v) is 3.93. The summed E-state index contributed by atoms with van der Waals surface area (Å²) < 4.78 is 4.60. The molecule has 0 saturated carbocycles. The number of hydrogen-bond donors (Lipinski definition) is 1. The zero-order chi connectivity index (χ0) is 19.0. The number of benzene rings is 1. The second-order valence-electron chi connectivity index (χ2n) is 6.98. The predicted octanol–water partition coefficient (Wildman–Crippen LogP) is 3.77. The van der Waals surface area contributed by atoms with Gasteiger partial charge in [0.2, 0.25) is 0 Å². The topological polar surface area (TPSA) is 64.7 Å². The zero-order valence-electron chi connectivity index (χ0n) is 15.4. The Hall–Kier alpha value is -2.41. The maximum Gasteiger partial charge on any atom is 0.272 e. The fourth-order valence-electron chi connectivity index (χ4n) is 3.65. The lowest BCUT2D eigenvalue weighted by molar-refractivity contribution is 0.0926. The number of hydrogen-bond acceptors (Lipinski definition) is 3. The van der Waals surface area contributed by atoms with Crippen molar-refractivity contribution >= 4 is 21.8 Å². The number of nitrogens with zero attached hydrogens (tertiary/aromatic N) is 4. The van der Waals surface area contributed by atoms with Crippen molar-refractivity contribution in [3.8, 4) is 0 Å². The summed E-state index contributed by atoms with van der Waals surface area (Å²) in [6.45, 7) is 4.43. The first-order valence-corrected chi connectivity index (χ1v) is 9.94. The van der Waals surface area contributed by atoms with Crippen molar-refractivity contribution in [2.45, 2.75) is 45.8 Å². The van der Waals surface area contributed by atoms with Gasteiger partial charge >= 0.3 is 0 Å². The summed E-state index contributed by atoms with van der Waals surface area (Å²) in [5, 5.41) is 12.1. The average molecular weight is 428 g/mol. The van der Waals surface area contributed by atoms with Gasteiger partial charge in [-0.15, -0.1) is 0 Å². The number of halogens is 1. The van der Waals surface area contributed by atoms with Crippen molar-refractivity contribution < 1.29 is 4.79 Å². The molecule has 1 aromatic carbocycles. The van der Waals surface area contributed by atoms with Crippen molar-refractivity contribution in [3.05, 3.63) is 69.2 Å². The molecule has 0 spiro atoms. The minimum absolute atomic E-state index is 0.0552. The van der Waals surface area contributed by atoms with Gasteiger partial charge in [0.05, 0.1) is 21.9 Å². The third-order valence-electron chi connectivity index (χ3n) is 5.12. The van der Waals surface area contributed by atoms with E-state index in [0.29, 0.717) is 12.4 Å². The van der Waals surface area contributed by atoms with Crippen molar-refractivity contribution in [1.29, 1.82) is 0 Å². The van der Waals surface area contributed by atoms with Crippen LogP contribution in [0.2, 0.25) is 0 Å². The molecule has 0 saturated heterocycles. The number of rotatable bonds is 4. The normalized spacial score (nSPS) is 16.2. The number of carbonyl (C=O) groups is 1. The summed E-state index contributed by atoms with van der Waals surface area (Å²) in [5.74, 6) is -0.134. The minimum Gasteiger partial charge on any atom is -0.344 e. The smallest absolute Gasteiger partial charge is 0.272 e. The highest BCUT2D eigenvalue weighted by Crippen LogP contribution is 2.29. The van der Waals surface area contributed by atoms with Crippen molar-refractivity contribution in [3.63, 3.8) is 0 Å². The summed E-state index contributed by atoms with van der Waals surface area (Å²) in [6.07, 6.45) is 4.94. The lowest BCUT2D eigenvalue weighted by atomic mass is 9.88. The molecule has 0 radical (unpaired) electrons. The van der Waals surface area contributed by atoms with E-state index in [-0.39, 0.29) is 11.9 Å². The first-order chi connectivity index (χ1) is 13.0. The number of amides is 1. The molecule has 1 aliphatic rings. The van der Waals surface area contributed by atoms with Gasteiger partial charge in [-0.3, -0.25) is 9.48 Å². The Morgan fingerprint density at radius 2 is 2.07 bits per heavy atom. The zero-order valence-corrected chi connectivity index (χ0v) is 17.0. The van der Waals surface area contributed by atoms with Gasteiger partial charge in [0.15, 0.2) is 0 Å². The summed E-state index contributed by atoms with van der Waals surface area (Å²) in [6, 6.07) is 10.2. The molecule has 4 rings (SSSR count). The van der Waals surface area contributed by atoms with E-state index in [9.17, 15) is 4.79 Å². The van der Waals surface area contributed by atoms with Gasteiger partial charge in [0, 0.05) is 6.20 Å². The van der Waals surface area contributed by atoms with Crippen molar-refractivity contribution in [2.24, 2.45) is 0 Å². The van der Waals surface area contributed by atoms with Crippen LogP contribution in [-0.4, -0.2) is 25.5 Å². The molecule has 0 aliphatic heterocycles. The maximum atomic E-state index is 12.7. The standard InChI is InChI=1S/C20H22BrN5O/c1-13-19(21)14(2)26(23-13)12-25-11-10-18(24-25)20(27)22-17-9-5-7-15-6-3-4-8-16(15)17/h3-4,6,8,10-11,17H,5,7,9,12H2,1-2H3,(H,22,27). The highest BCUT2D eigenvalue weighted by atomic mass is 79.9. The van der Waals surface area contributed by atoms with Crippen molar-refractivity contribution in [1.82, 2.24) is 24.9 Å². The molecule has 0 fully saturated rings. The monoisotopic (exact) mass is 427 g/mol.